The van der Waals surface area contributed by atoms with Crippen molar-refractivity contribution in [3.8, 4) is 11.6 Å². The van der Waals surface area contributed by atoms with Crippen LogP contribution in [0.15, 0.2) is 24.3 Å². The summed E-state index contributed by atoms with van der Waals surface area (Å²) in [5.74, 6) is -0.177. The summed E-state index contributed by atoms with van der Waals surface area (Å²) in [6.07, 6.45) is 0. The van der Waals surface area contributed by atoms with Gasteiger partial charge in [0.25, 0.3) is 5.91 Å². The lowest BCUT2D eigenvalue weighted by molar-refractivity contribution is 0.0734. The van der Waals surface area contributed by atoms with Gasteiger partial charge in [-0.15, -0.1) is 0 Å². The first-order valence-corrected chi connectivity index (χ1v) is 8.25. The highest BCUT2D eigenvalue weighted by molar-refractivity contribution is 5.93. The van der Waals surface area contributed by atoms with Crippen LogP contribution in [0.2, 0.25) is 0 Å². The summed E-state index contributed by atoms with van der Waals surface area (Å²) in [6, 6.07) is 7.78. The highest BCUT2D eigenvalue weighted by Gasteiger charge is 2.32. The maximum atomic E-state index is 14.3. The summed E-state index contributed by atoms with van der Waals surface area (Å²) < 4.78 is 26.3. The van der Waals surface area contributed by atoms with Crippen molar-refractivity contribution in [2.45, 2.75) is 6.54 Å². The highest BCUT2D eigenvalue weighted by atomic mass is 19.1. The maximum Gasteiger partial charge on any atom is 0.277 e. The van der Waals surface area contributed by atoms with E-state index in [0.29, 0.717) is 39.3 Å². The largest absolute Gasteiger partial charge is 0.495 e. The number of halogens is 1. The van der Waals surface area contributed by atoms with E-state index in [9.17, 15) is 9.18 Å². The number of hydrogen-bond donors (Lipinski definition) is 0. The number of rotatable bonds is 3. The minimum absolute atomic E-state index is 0.0657. The van der Waals surface area contributed by atoms with E-state index in [4.69, 9.17) is 9.47 Å². The van der Waals surface area contributed by atoms with E-state index >= 15 is 0 Å². The number of aromatic nitrogens is 2. The first kappa shape index (κ1) is 15.7. The Morgan fingerprint density at radius 1 is 1.20 bits per heavy atom. The van der Waals surface area contributed by atoms with Gasteiger partial charge in [0.05, 0.1) is 19.3 Å². The molecule has 2 aliphatic rings. The van der Waals surface area contributed by atoms with Gasteiger partial charge >= 0.3 is 0 Å². The third kappa shape index (κ3) is 2.67. The van der Waals surface area contributed by atoms with Crippen LogP contribution in [0, 0.1) is 5.82 Å². The Balaban J connectivity index is 1.46. The molecule has 0 atom stereocenters. The molecule has 25 heavy (non-hydrogen) atoms. The molecule has 7 nitrogen and oxygen atoms in total. The molecule has 1 aromatic carbocycles. The number of carbonyl (C=O) groups is 1. The second-order valence-corrected chi connectivity index (χ2v) is 5.99. The van der Waals surface area contributed by atoms with Crippen molar-refractivity contribution in [2.75, 3.05) is 44.8 Å². The van der Waals surface area contributed by atoms with Crippen LogP contribution in [0.25, 0.3) is 0 Å². The first-order chi connectivity index (χ1) is 12.2. The molecular formula is C17H19FN4O3. The van der Waals surface area contributed by atoms with E-state index in [1.807, 2.05) is 24.3 Å². The molecule has 132 valence electrons. The van der Waals surface area contributed by atoms with Crippen molar-refractivity contribution in [2.24, 2.45) is 0 Å². The molecule has 1 amide bonds. The monoisotopic (exact) mass is 346 g/mol. The fourth-order valence-corrected chi connectivity index (χ4v) is 3.27. The zero-order valence-corrected chi connectivity index (χ0v) is 13.9. The van der Waals surface area contributed by atoms with Crippen LogP contribution < -0.4 is 14.4 Å². The summed E-state index contributed by atoms with van der Waals surface area (Å²) in [4.78, 5) is 16.4. The number of ether oxygens (including phenoxy) is 2. The van der Waals surface area contributed by atoms with Gasteiger partial charge < -0.3 is 19.3 Å². The van der Waals surface area contributed by atoms with Gasteiger partial charge in [-0.05, 0) is 12.1 Å². The van der Waals surface area contributed by atoms with Gasteiger partial charge in [0.1, 0.15) is 12.4 Å². The average Bonchev–Trinajstić information content (AvgIpc) is 3.24. The molecule has 0 bridgehead atoms. The smallest absolute Gasteiger partial charge is 0.277 e. The van der Waals surface area contributed by atoms with E-state index in [1.54, 1.807) is 12.0 Å². The molecule has 1 fully saturated rings. The van der Waals surface area contributed by atoms with Crippen LogP contribution in [0.1, 0.15) is 10.5 Å². The van der Waals surface area contributed by atoms with E-state index in [0.717, 1.165) is 11.4 Å². The number of anilines is 1. The lowest BCUT2D eigenvalue weighted by Gasteiger charge is -2.36. The van der Waals surface area contributed by atoms with Crippen molar-refractivity contribution in [3.05, 3.63) is 35.8 Å². The minimum atomic E-state index is -0.658. The Morgan fingerprint density at radius 3 is 2.68 bits per heavy atom. The lowest BCUT2D eigenvalue weighted by Crippen LogP contribution is -2.49. The molecule has 4 rings (SSSR count). The van der Waals surface area contributed by atoms with Crippen molar-refractivity contribution < 1.29 is 18.7 Å². The second-order valence-electron chi connectivity index (χ2n) is 5.99. The number of para-hydroxylation sites is 2. The van der Waals surface area contributed by atoms with E-state index in [2.05, 4.69) is 10.00 Å². The van der Waals surface area contributed by atoms with Crippen LogP contribution in [0.4, 0.5) is 10.1 Å². The van der Waals surface area contributed by atoms with Gasteiger partial charge in [-0.2, -0.15) is 9.49 Å². The highest BCUT2D eigenvalue weighted by Crippen LogP contribution is 2.29. The zero-order chi connectivity index (χ0) is 17.4. The Morgan fingerprint density at radius 2 is 1.96 bits per heavy atom. The molecule has 8 heteroatoms. The van der Waals surface area contributed by atoms with E-state index in [1.165, 1.54) is 4.68 Å². The molecule has 0 aliphatic carbocycles. The number of methoxy groups -OCH3 is 1. The van der Waals surface area contributed by atoms with Crippen LogP contribution in [0.5, 0.6) is 11.6 Å². The normalized spacial score (nSPS) is 16.6. The van der Waals surface area contributed by atoms with Gasteiger partial charge in [-0.3, -0.25) is 4.79 Å². The number of amides is 1. The van der Waals surface area contributed by atoms with Crippen LogP contribution >= 0.6 is 0 Å². The van der Waals surface area contributed by atoms with Crippen LogP contribution in [0.3, 0.4) is 0 Å². The molecule has 1 aromatic heterocycles. The Hall–Kier alpha value is -2.77. The third-order valence-electron chi connectivity index (χ3n) is 4.59. The quantitative estimate of drug-likeness (QED) is 0.840. The number of hydrogen-bond acceptors (Lipinski definition) is 5. The van der Waals surface area contributed by atoms with Crippen molar-refractivity contribution in [1.82, 2.24) is 14.7 Å². The number of piperazine rings is 1. The van der Waals surface area contributed by atoms with Crippen LogP contribution in [-0.4, -0.2) is 60.5 Å². The molecule has 3 heterocycles. The van der Waals surface area contributed by atoms with Crippen LogP contribution in [-0.2, 0) is 6.54 Å². The predicted molar refractivity (Wildman–Crippen MR) is 88.8 cm³/mol. The Labute approximate surface area is 144 Å². The van der Waals surface area contributed by atoms with Gasteiger partial charge in [-0.1, -0.05) is 12.1 Å². The first-order valence-electron chi connectivity index (χ1n) is 8.25. The topological polar surface area (TPSA) is 59.8 Å². The van der Waals surface area contributed by atoms with Crippen molar-refractivity contribution >= 4 is 11.6 Å². The van der Waals surface area contributed by atoms with E-state index in [-0.39, 0.29) is 17.5 Å². The van der Waals surface area contributed by atoms with E-state index < -0.39 is 5.82 Å². The van der Waals surface area contributed by atoms with Crippen molar-refractivity contribution in [3.63, 3.8) is 0 Å². The van der Waals surface area contributed by atoms with Gasteiger partial charge in [0.2, 0.25) is 11.7 Å². The van der Waals surface area contributed by atoms with Gasteiger partial charge in [0.15, 0.2) is 5.69 Å². The molecule has 0 spiro atoms. The summed E-state index contributed by atoms with van der Waals surface area (Å²) in [5.41, 5.74) is 0.845. The summed E-state index contributed by atoms with van der Waals surface area (Å²) >= 11 is 0. The SMILES string of the molecule is COc1ccccc1N1CCN(C(=O)c2nn3c(c2F)OCC3)CC1. The number of benzene rings is 1. The third-order valence-corrected chi connectivity index (χ3v) is 4.59. The molecule has 0 N–H and O–H groups in total. The summed E-state index contributed by atoms with van der Waals surface area (Å²) in [5, 5.41) is 4.06. The lowest BCUT2D eigenvalue weighted by atomic mass is 10.2. The summed E-state index contributed by atoms with van der Waals surface area (Å²) in [7, 11) is 1.64. The van der Waals surface area contributed by atoms with Gasteiger partial charge in [0, 0.05) is 26.2 Å². The van der Waals surface area contributed by atoms with Gasteiger partial charge in [-0.25, -0.2) is 4.68 Å². The zero-order valence-electron chi connectivity index (χ0n) is 13.9. The standard InChI is InChI=1S/C17H19FN4O3/c1-24-13-5-3-2-4-12(13)20-6-8-21(9-7-20)16(23)15-14(18)17-22(19-15)10-11-25-17/h2-5H,6-11H2,1H3. The number of nitrogens with zero attached hydrogens (tertiary/aromatic N) is 4. The molecule has 0 radical (unpaired) electrons. The molecular weight excluding hydrogens is 327 g/mol. The minimum Gasteiger partial charge on any atom is -0.495 e. The Kier molecular flexibility index (Phi) is 3.95. The van der Waals surface area contributed by atoms with Crippen molar-refractivity contribution in [1.29, 1.82) is 0 Å². The Bertz CT molecular complexity index is 799. The molecule has 0 saturated carbocycles. The predicted octanol–water partition coefficient (Wildman–Crippen LogP) is 1.39. The molecule has 2 aromatic rings. The average molecular weight is 346 g/mol. The molecule has 1 saturated heterocycles. The number of carbonyl (C=O) groups excluding carboxylic acids is 1. The maximum absolute atomic E-state index is 14.3. The summed E-state index contributed by atoms with van der Waals surface area (Å²) in [6.45, 7) is 3.17. The molecule has 0 unspecified atom stereocenters. The number of fused-ring (bicyclic) bond motifs is 1. The second kappa shape index (κ2) is 6.27. The fraction of sp³-hybridized carbons (Fsp3) is 0.412. The fourth-order valence-electron chi connectivity index (χ4n) is 3.27. The molecule has 2 aliphatic heterocycles.